The van der Waals surface area contributed by atoms with Crippen molar-refractivity contribution in [1.82, 2.24) is 25.8 Å². The number of carboxylic acids is 1. The van der Waals surface area contributed by atoms with Crippen LogP contribution in [0.2, 0.25) is 0 Å². The van der Waals surface area contributed by atoms with Crippen LogP contribution in [0.15, 0.2) is 91.5 Å². The number of methoxy groups -OCH3 is 1. The molecule has 0 bridgehead atoms. The summed E-state index contributed by atoms with van der Waals surface area (Å²) in [5.74, 6) is -1.73. The Morgan fingerprint density at radius 2 is 1.77 bits per heavy atom. The van der Waals surface area contributed by atoms with E-state index in [2.05, 4.69) is 22.5 Å². The summed E-state index contributed by atoms with van der Waals surface area (Å²) in [5, 5.41) is 30.2. The lowest BCUT2D eigenvalue weighted by molar-refractivity contribution is -0.144. The molecule has 13 nitrogen and oxygen atoms in total. The smallest absolute Gasteiger partial charge is 0.330 e. The van der Waals surface area contributed by atoms with Gasteiger partial charge >= 0.3 is 12.0 Å². The average molecular weight is 762 g/mol. The van der Waals surface area contributed by atoms with Crippen molar-refractivity contribution in [3.05, 3.63) is 103 Å². The third-order valence-corrected chi connectivity index (χ3v) is 11.1. The SMILES string of the molecule is C=C[C@@H]1C[C@]1(NC(=O)[C@@H]1C[C@@H](Oc2cc(-c3ccccc3)nc3cc(OC)ccc23)CN1C(=O)N[C@H](C(=O)N[C@H]1c2ccccc2C[C@H]1O)C(C)(C)C)C(=O)O. The molecule has 292 valence electrons. The summed E-state index contributed by atoms with van der Waals surface area (Å²) in [4.78, 5) is 61.0. The van der Waals surface area contributed by atoms with E-state index in [1.807, 2.05) is 87.5 Å². The lowest BCUT2D eigenvalue weighted by Gasteiger charge is -2.34. The zero-order chi connectivity index (χ0) is 39.9. The molecule has 13 heteroatoms. The second kappa shape index (κ2) is 14.9. The number of aromatic nitrogens is 1. The van der Waals surface area contributed by atoms with Crippen molar-refractivity contribution in [2.45, 2.75) is 75.9 Å². The van der Waals surface area contributed by atoms with Crippen molar-refractivity contribution in [2.75, 3.05) is 13.7 Å². The number of nitrogens with one attached hydrogen (secondary N) is 3. The fourth-order valence-corrected chi connectivity index (χ4v) is 7.88. The van der Waals surface area contributed by atoms with E-state index >= 15 is 0 Å². The van der Waals surface area contributed by atoms with Crippen LogP contribution < -0.4 is 25.4 Å². The quantitative estimate of drug-likeness (QED) is 0.135. The van der Waals surface area contributed by atoms with Crippen LogP contribution in [0.5, 0.6) is 11.5 Å². The van der Waals surface area contributed by atoms with Gasteiger partial charge in [0.25, 0.3) is 0 Å². The highest BCUT2D eigenvalue weighted by Gasteiger charge is 2.61. The van der Waals surface area contributed by atoms with Gasteiger partial charge in [-0.15, -0.1) is 6.58 Å². The fourth-order valence-electron chi connectivity index (χ4n) is 7.88. The number of nitrogens with zero attached hydrogens (tertiary/aromatic N) is 2. The van der Waals surface area contributed by atoms with Gasteiger partial charge in [-0.1, -0.05) is 81.4 Å². The molecule has 0 spiro atoms. The highest BCUT2D eigenvalue weighted by molar-refractivity contribution is 5.96. The summed E-state index contributed by atoms with van der Waals surface area (Å²) < 4.78 is 12.1. The largest absolute Gasteiger partial charge is 0.497 e. The molecule has 3 aromatic carbocycles. The van der Waals surface area contributed by atoms with Crippen molar-refractivity contribution in [2.24, 2.45) is 11.3 Å². The summed E-state index contributed by atoms with van der Waals surface area (Å²) in [6, 6.07) is 20.7. The number of hydrogen-bond acceptors (Lipinski definition) is 8. The van der Waals surface area contributed by atoms with Gasteiger partial charge in [0.15, 0.2) is 0 Å². The molecule has 1 aromatic heterocycles. The van der Waals surface area contributed by atoms with E-state index in [4.69, 9.17) is 14.5 Å². The monoisotopic (exact) mass is 761 g/mol. The summed E-state index contributed by atoms with van der Waals surface area (Å²) in [6.07, 6.45) is 0.541. The number of aliphatic hydroxyl groups excluding tert-OH is 1. The number of benzene rings is 3. The van der Waals surface area contributed by atoms with Crippen molar-refractivity contribution in [3.8, 4) is 22.8 Å². The number of rotatable bonds is 11. The number of pyridine rings is 1. The van der Waals surface area contributed by atoms with Crippen LogP contribution in [-0.4, -0.2) is 87.4 Å². The molecule has 1 saturated carbocycles. The second-order valence-electron chi connectivity index (χ2n) is 15.9. The molecular weight excluding hydrogens is 714 g/mol. The molecule has 7 rings (SSSR count). The first kappa shape index (κ1) is 38.3. The number of carboxylic acid groups (broad SMARTS) is 1. The van der Waals surface area contributed by atoms with E-state index in [0.29, 0.717) is 34.5 Å². The number of fused-ring (bicyclic) bond motifs is 2. The van der Waals surface area contributed by atoms with Crippen molar-refractivity contribution >= 4 is 34.7 Å². The lowest BCUT2D eigenvalue weighted by Crippen LogP contribution is -2.60. The molecule has 1 saturated heterocycles. The molecule has 5 N–H and O–H groups in total. The first-order valence-corrected chi connectivity index (χ1v) is 18.7. The number of carbonyl (C=O) groups excluding carboxylic acids is 3. The number of aliphatic carboxylic acids is 1. The number of urea groups is 1. The number of likely N-dealkylation sites (tertiary alicyclic amines) is 1. The van der Waals surface area contributed by atoms with Crippen LogP contribution in [0.1, 0.15) is 50.8 Å². The molecule has 2 aliphatic carbocycles. The minimum absolute atomic E-state index is 0.0335. The van der Waals surface area contributed by atoms with Gasteiger partial charge in [-0.3, -0.25) is 9.59 Å². The third kappa shape index (κ3) is 7.38. The van der Waals surface area contributed by atoms with Gasteiger partial charge in [-0.25, -0.2) is 14.6 Å². The van der Waals surface area contributed by atoms with E-state index in [-0.39, 0.29) is 19.4 Å². The van der Waals surface area contributed by atoms with E-state index in [9.17, 15) is 29.4 Å². The second-order valence-corrected chi connectivity index (χ2v) is 15.9. The van der Waals surface area contributed by atoms with Gasteiger partial charge in [0, 0.05) is 41.8 Å². The zero-order valence-electron chi connectivity index (χ0n) is 31.8. The topological polar surface area (TPSA) is 179 Å². The average Bonchev–Trinajstić information content (AvgIpc) is 3.59. The molecule has 0 unspecified atom stereocenters. The molecular formula is C43H47N5O8. The van der Waals surface area contributed by atoms with Gasteiger partial charge in [-0.05, 0) is 35.1 Å². The van der Waals surface area contributed by atoms with Gasteiger partial charge in [0.2, 0.25) is 11.8 Å². The maximum absolute atomic E-state index is 14.4. The summed E-state index contributed by atoms with van der Waals surface area (Å²) >= 11 is 0. The zero-order valence-corrected chi connectivity index (χ0v) is 31.8. The highest BCUT2D eigenvalue weighted by atomic mass is 16.5. The molecule has 4 aromatic rings. The summed E-state index contributed by atoms with van der Waals surface area (Å²) in [5.41, 5.74) is 1.54. The Morgan fingerprint density at radius 3 is 2.45 bits per heavy atom. The van der Waals surface area contributed by atoms with Gasteiger partial charge < -0.3 is 40.5 Å². The number of carbonyl (C=O) groups is 4. The number of amides is 4. The Kier molecular flexibility index (Phi) is 10.2. The van der Waals surface area contributed by atoms with Crippen molar-refractivity contribution in [3.63, 3.8) is 0 Å². The molecule has 56 heavy (non-hydrogen) atoms. The van der Waals surface area contributed by atoms with E-state index in [0.717, 1.165) is 16.7 Å². The standard InChI is InChI=1S/C43H47N5O8/c1-6-26-22-43(26,40(52)53)47-38(50)33-20-28(56-35-21-31(24-12-8-7-9-13-24)44-32-19-27(55-5)16-17-30(32)35)23-48(33)41(54)46-37(42(2,3)4)39(51)45-36-29-15-11-10-14-25(29)18-34(36)49/h6-17,19,21,26,28,33-34,36-37,49H,1,18,20,22-23H2,2-5H3,(H,45,51)(H,46,54)(H,47,50)(H,52,53)/t26-,28-,33+,34-,36+,37-,43-/m1/s1. The third-order valence-electron chi connectivity index (χ3n) is 11.1. The minimum atomic E-state index is -1.53. The maximum atomic E-state index is 14.4. The van der Waals surface area contributed by atoms with Gasteiger partial charge in [0.1, 0.15) is 35.2 Å². The van der Waals surface area contributed by atoms with E-state index < -0.39 is 71.0 Å². The predicted octanol–water partition coefficient (Wildman–Crippen LogP) is 4.78. The normalized spacial score (nSPS) is 24.4. The Balaban J connectivity index is 1.18. The number of aliphatic hydroxyl groups is 1. The fraction of sp³-hybridized carbons (Fsp3) is 0.372. The molecule has 1 aliphatic heterocycles. The van der Waals surface area contributed by atoms with Crippen LogP contribution >= 0.6 is 0 Å². The van der Waals surface area contributed by atoms with Crippen LogP contribution in [0.4, 0.5) is 4.79 Å². The van der Waals surface area contributed by atoms with E-state index in [1.54, 1.807) is 19.2 Å². The molecule has 2 fully saturated rings. The number of hydrogen-bond donors (Lipinski definition) is 5. The maximum Gasteiger partial charge on any atom is 0.330 e. The molecule has 0 radical (unpaired) electrons. The van der Waals surface area contributed by atoms with Crippen LogP contribution in [0, 0.1) is 11.3 Å². The Bertz CT molecular complexity index is 2190. The Hall–Kier alpha value is -5.95. The van der Waals surface area contributed by atoms with Crippen molar-refractivity contribution < 1.29 is 38.9 Å². The predicted molar refractivity (Wildman–Crippen MR) is 209 cm³/mol. The molecule has 7 atom stereocenters. The van der Waals surface area contributed by atoms with Crippen LogP contribution in [0.25, 0.3) is 22.2 Å². The number of ether oxygens (including phenoxy) is 2. The highest BCUT2D eigenvalue weighted by Crippen LogP contribution is 2.45. The molecule has 2 heterocycles. The van der Waals surface area contributed by atoms with Crippen LogP contribution in [0.3, 0.4) is 0 Å². The lowest BCUT2D eigenvalue weighted by atomic mass is 9.86. The minimum Gasteiger partial charge on any atom is -0.497 e. The molecule has 4 amide bonds. The van der Waals surface area contributed by atoms with Gasteiger partial charge in [-0.2, -0.15) is 0 Å². The first-order valence-electron chi connectivity index (χ1n) is 18.7. The van der Waals surface area contributed by atoms with Crippen molar-refractivity contribution in [1.29, 1.82) is 0 Å². The first-order chi connectivity index (χ1) is 26.7. The van der Waals surface area contributed by atoms with Crippen LogP contribution in [-0.2, 0) is 20.8 Å². The summed E-state index contributed by atoms with van der Waals surface area (Å²) in [7, 11) is 1.57. The van der Waals surface area contributed by atoms with E-state index in [1.165, 1.54) is 11.0 Å². The van der Waals surface area contributed by atoms with Gasteiger partial charge in [0.05, 0.1) is 37.0 Å². The molecule has 3 aliphatic rings. The Labute approximate surface area is 325 Å². The Morgan fingerprint density at radius 1 is 1.04 bits per heavy atom. The summed E-state index contributed by atoms with van der Waals surface area (Å²) in [6.45, 7) is 9.10.